The van der Waals surface area contributed by atoms with Gasteiger partial charge in [0.25, 0.3) is 10.0 Å². The lowest BCUT2D eigenvalue weighted by Crippen LogP contribution is -2.18. The summed E-state index contributed by atoms with van der Waals surface area (Å²) in [5, 5.41) is 8.99. The van der Waals surface area contributed by atoms with Gasteiger partial charge >= 0.3 is 0 Å². The van der Waals surface area contributed by atoms with E-state index in [1.807, 2.05) is 18.2 Å². The maximum absolute atomic E-state index is 12.7. The van der Waals surface area contributed by atoms with Gasteiger partial charge in [0.15, 0.2) is 0 Å². The highest BCUT2D eigenvalue weighted by Crippen LogP contribution is 2.26. The normalized spacial score (nSPS) is 11.0. The first-order chi connectivity index (χ1) is 16.8. The number of aryl methyl sites for hydroxylation is 1. The molecule has 180 valence electrons. The molecule has 0 unspecified atom stereocenters. The van der Waals surface area contributed by atoms with Crippen LogP contribution in [0.5, 0.6) is 0 Å². The van der Waals surface area contributed by atoms with E-state index < -0.39 is 10.0 Å². The minimum atomic E-state index is -3.74. The van der Waals surface area contributed by atoms with E-state index in [4.69, 9.17) is 0 Å². The first-order valence-electron chi connectivity index (χ1n) is 10.5. The van der Waals surface area contributed by atoms with Crippen molar-refractivity contribution in [3.63, 3.8) is 0 Å². The van der Waals surface area contributed by atoms with Gasteiger partial charge in [0, 0.05) is 35.4 Å². The summed E-state index contributed by atoms with van der Waals surface area (Å²) in [6.07, 6.45) is 1.69. The lowest BCUT2D eigenvalue weighted by atomic mass is 10.3. The van der Waals surface area contributed by atoms with Gasteiger partial charge in [-0.05, 0) is 55.5 Å². The van der Waals surface area contributed by atoms with E-state index in [0.717, 1.165) is 21.9 Å². The molecule has 4 rings (SSSR count). The van der Waals surface area contributed by atoms with Gasteiger partial charge in [-0.25, -0.2) is 23.4 Å². The second-order valence-corrected chi connectivity index (χ2v) is 10.5. The summed E-state index contributed by atoms with van der Waals surface area (Å²) in [5.74, 6) is 2.24. The van der Waals surface area contributed by atoms with Crippen LogP contribution in [0, 0.1) is 6.92 Å². The number of carbonyl (C=O) groups excluding carboxylic acids is 1. The highest BCUT2D eigenvalue weighted by molar-refractivity contribution is 7.94. The molecule has 1 aromatic carbocycles. The van der Waals surface area contributed by atoms with Crippen molar-refractivity contribution in [2.45, 2.75) is 24.6 Å². The van der Waals surface area contributed by atoms with E-state index in [0.29, 0.717) is 29.0 Å². The van der Waals surface area contributed by atoms with Crippen LogP contribution >= 0.6 is 11.3 Å². The van der Waals surface area contributed by atoms with Gasteiger partial charge in [-0.3, -0.25) is 9.52 Å². The number of benzene rings is 1. The van der Waals surface area contributed by atoms with E-state index in [9.17, 15) is 13.2 Å². The Morgan fingerprint density at radius 2 is 1.63 bits per heavy atom. The Labute approximate surface area is 206 Å². The van der Waals surface area contributed by atoms with Gasteiger partial charge in [-0.2, -0.15) is 0 Å². The molecule has 4 aromatic rings. The van der Waals surface area contributed by atoms with Crippen LogP contribution in [0.25, 0.3) is 0 Å². The van der Waals surface area contributed by atoms with E-state index in [-0.39, 0.29) is 16.7 Å². The monoisotopic (exact) mass is 509 g/mol. The number of hydrogen-bond donors (Lipinski definition) is 4. The summed E-state index contributed by atoms with van der Waals surface area (Å²) in [7, 11) is -3.74. The molecule has 0 saturated carbocycles. The Morgan fingerprint density at radius 3 is 2.31 bits per heavy atom. The van der Waals surface area contributed by atoms with E-state index in [1.165, 1.54) is 13.0 Å². The topological polar surface area (TPSA) is 138 Å². The summed E-state index contributed by atoms with van der Waals surface area (Å²) in [6.45, 7) is 3.49. The molecule has 0 aliphatic carbocycles. The molecule has 0 aliphatic rings. The van der Waals surface area contributed by atoms with Crippen LogP contribution in [0.4, 0.5) is 28.8 Å². The summed E-state index contributed by atoms with van der Waals surface area (Å²) < 4.78 is 28.2. The fraction of sp³-hybridized carbons (Fsp3) is 0.130. The Kier molecular flexibility index (Phi) is 7.22. The fourth-order valence-electron chi connectivity index (χ4n) is 3.05. The molecule has 3 heterocycles. The van der Waals surface area contributed by atoms with Crippen molar-refractivity contribution in [2.24, 2.45) is 0 Å². The van der Waals surface area contributed by atoms with Gasteiger partial charge in [0.05, 0.1) is 6.54 Å². The van der Waals surface area contributed by atoms with Crippen molar-refractivity contribution < 1.29 is 13.2 Å². The lowest BCUT2D eigenvalue weighted by Gasteiger charge is -2.11. The van der Waals surface area contributed by atoms with Gasteiger partial charge in [0.1, 0.15) is 27.5 Å². The maximum Gasteiger partial charge on any atom is 0.271 e. The number of pyridine rings is 1. The average molecular weight is 510 g/mol. The molecular formula is C23H23N7O3S2. The highest BCUT2D eigenvalue weighted by atomic mass is 32.2. The Hall–Kier alpha value is -4.03. The molecule has 0 aliphatic heterocycles. The quantitative estimate of drug-likeness (QED) is 0.264. The highest BCUT2D eigenvalue weighted by Gasteiger charge is 2.17. The molecule has 3 aromatic heterocycles. The van der Waals surface area contributed by atoms with Crippen molar-refractivity contribution in [1.29, 1.82) is 0 Å². The number of nitrogens with zero attached hydrogens (tertiary/aromatic N) is 3. The SMILES string of the molecule is CC(=O)NCc1ccc(S(=O)(=O)Nc2ccc(Nc3cc(Nc4ccccn4)nc(C)n3)cc2)s1. The van der Waals surface area contributed by atoms with E-state index in [2.05, 4.69) is 35.6 Å². The third-order valence-electron chi connectivity index (χ3n) is 4.58. The Bertz CT molecular complexity index is 1420. The molecule has 0 atom stereocenters. The van der Waals surface area contributed by atoms with Crippen LogP contribution in [-0.4, -0.2) is 29.3 Å². The van der Waals surface area contributed by atoms with E-state index in [1.54, 1.807) is 49.5 Å². The Morgan fingerprint density at radius 1 is 0.914 bits per heavy atom. The van der Waals surface area contributed by atoms with Crippen molar-refractivity contribution in [1.82, 2.24) is 20.3 Å². The van der Waals surface area contributed by atoms with Crippen molar-refractivity contribution in [3.8, 4) is 0 Å². The molecule has 0 spiro atoms. The molecule has 0 bridgehead atoms. The van der Waals surface area contributed by atoms with Gasteiger partial charge in [0.2, 0.25) is 5.91 Å². The number of amides is 1. The first-order valence-corrected chi connectivity index (χ1v) is 12.8. The molecule has 12 heteroatoms. The third-order valence-corrected chi connectivity index (χ3v) is 7.54. The van der Waals surface area contributed by atoms with Crippen LogP contribution in [0.2, 0.25) is 0 Å². The van der Waals surface area contributed by atoms with E-state index >= 15 is 0 Å². The summed E-state index contributed by atoms with van der Waals surface area (Å²) >= 11 is 1.11. The molecule has 35 heavy (non-hydrogen) atoms. The number of thiophene rings is 1. The zero-order chi connectivity index (χ0) is 24.8. The maximum atomic E-state index is 12.7. The van der Waals surface area contributed by atoms with Crippen LogP contribution in [0.1, 0.15) is 17.6 Å². The Balaban J connectivity index is 1.41. The zero-order valence-electron chi connectivity index (χ0n) is 18.9. The number of aromatic nitrogens is 3. The molecule has 4 N–H and O–H groups in total. The third kappa shape index (κ3) is 6.74. The summed E-state index contributed by atoms with van der Waals surface area (Å²) in [6, 6.07) is 17.3. The number of anilines is 5. The zero-order valence-corrected chi connectivity index (χ0v) is 20.6. The smallest absolute Gasteiger partial charge is 0.271 e. The fourth-order valence-corrected chi connectivity index (χ4v) is 5.40. The first kappa shape index (κ1) is 24.1. The number of carbonyl (C=O) groups is 1. The van der Waals surface area contributed by atoms with Crippen molar-refractivity contribution in [2.75, 3.05) is 15.4 Å². The average Bonchev–Trinajstić information content (AvgIpc) is 3.29. The van der Waals surface area contributed by atoms with Crippen LogP contribution in [0.3, 0.4) is 0 Å². The number of hydrogen-bond acceptors (Lipinski definition) is 9. The second kappa shape index (κ2) is 10.5. The predicted octanol–water partition coefficient (Wildman–Crippen LogP) is 4.17. The van der Waals surface area contributed by atoms with Crippen LogP contribution in [0.15, 0.2) is 71.1 Å². The molecule has 0 saturated heterocycles. The largest absolute Gasteiger partial charge is 0.351 e. The molecule has 1 amide bonds. The molecule has 0 fully saturated rings. The van der Waals surface area contributed by atoms with Crippen molar-refractivity contribution in [3.05, 3.63) is 77.6 Å². The number of rotatable bonds is 9. The summed E-state index contributed by atoms with van der Waals surface area (Å²) in [5.41, 5.74) is 1.15. The minimum absolute atomic E-state index is 0.171. The van der Waals surface area contributed by atoms with Crippen LogP contribution < -0.4 is 20.7 Å². The van der Waals surface area contributed by atoms with Gasteiger partial charge in [-0.15, -0.1) is 11.3 Å². The van der Waals surface area contributed by atoms with Crippen LogP contribution in [-0.2, 0) is 21.4 Å². The number of nitrogens with one attached hydrogen (secondary N) is 4. The summed E-state index contributed by atoms with van der Waals surface area (Å²) in [4.78, 5) is 24.8. The molecule has 10 nitrogen and oxygen atoms in total. The lowest BCUT2D eigenvalue weighted by molar-refractivity contribution is -0.119. The van der Waals surface area contributed by atoms with Gasteiger partial charge < -0.3 is 16.0 Å². The molecular weight excluding hydrogens is 486 g/mol. The standard InChI is InChI=1S/C23H23N7O3S2/c1-15-26-21(13-22(27-15)29-20-5-3-4-12-24-20)28-17-6-8-18(9-7-17)30-35(32,33)23-11-10-19(34-23)14-25-16(2)31/h3-13,30H,14H2,1-2H3,(H,25,31)(H2,24,26,27,28,29). The minimum Gasteiger partial charge on any atom is -0.351 e. The van der Waals surface area contributed by atoms with Crippen molar-refractivity contribution >= 4 is 56.1 Å². The number of sulfonamides is 1. The predicted molar refractivity (Wildman–Crippen MR) is 137 cm³/mol. The second-order valence-electron chi connectivity index (χ2n) is 7.46. The molecule has 0 radical (unpaired) electrons. The van der Waals surface area contributed by atoms with Gasteiger partial charge in [-0.1, -0.05) is 6.07 Å².